The van der Waals surface area contributed by atoms with Gasteiger partial charge in [0, 0.05) is 30.3 Å². The zero-order valence-electron chi connectivity index (χ0n) is 22.0. The Hall–Kier alpha value is -3.30. The zero-order valence-corrected chi connectivity index (χ0v) is 22.0. The predicted molar refractivity (Wildman–Crippen MR) is 142 cm³/mol. The minimum atomic E-state index is 0.0300. The van der Waals surface area contributed by atoms with Crippen molar-refractivity contribution in [2.45, 2.75) is 38.8 Å². The van der Waals surface area contributed by atoms with Crippen LogP contribution in [-0.2, 0) is 6.42 Å². The van der Waals surface area contributed by atoms with Gasteiger partial charge in [0.25, 0.3) is 5.89 Å². The molecule has 1 saturated heterocycles. The van der Waals surface area contributed by atoms with Crippen LogP contribution in [0.1, 0.15) is 37.4 Å². The number of nitroso groups, excluding NO2 is 1. The van der Waals surface area contributed by atoms with Gasteiger partial charge in [-0.3, -0.25) is 4.90 Å². The number of fused-ring (bicyclic) bond motifs is 3. The van der Waals surface area contributed by atoms with Crippen molar-refractivity contribution in [3.8, 4) is 34.3 Å². The topological polar surface area (TPSA) is 93.3 Å². The van der Waals surface area contributed by atoms with E-state index in [4.69, 9.17) is 19.0 Å². The summed E-state index contributed by atoms with van der Waals surface area (Å²) in [6.45, 7) is 7.36. The van der Waals surface area contributed by atoms with Crippen LogP contribution in [0, 0.1) is 10.8 Å². The Morgan fingerprint density at radius 2 is 2.08 bits per heavy atom. The monoisotopic (exact) mass is 505 g/mol. The molecule has 2 heterocycles. The predicted octanol–water partition coefficient (Wildman–Crippen LogP) is 4.82. The summed E-state index contributed by atoms with van der Waals surface area (Å²) >= 11 is 0. The van der Waals surface area contributed by atoms with E-state index < -0.39 is 0 Å². The number of likely N-dealkylation sites (tertiary alicyclic amines) is 1. The Labute approximate surface area is 217 Å². The number of rotatable bonds is 11. The molecule has 1 aliphatic heterocycles. The largest absolute Gasteiger partial charge is 0.488 e. The first-order valence-electron chi connectivity index (χ1n) is 13.0. The van der Waals surface area contributed by atoms with Crippen molar-refractivity contribution in [3.05, 3.63) is 52.4 Å². The normalized spacial score (nSPS) is 18.9. The lowest BCUT2D eigenvalue weighted by Gasteiger charge is -2.23. The lowest BCUT2D eigenvalue weighted by atomic mass is 10.0. The Morgan fingerprint density at radius 3 is 2.86 bits per heavy atom. The summed E-state index contributed by atoms with van der Waals surface area (Å²) in [6, 6.07) is 12.4. The number of benzene rings is 2. The van der Waals surface area contributed by atoms with Gasteiger partial charge in [0.15, 0.2) is 11.5 Å². The second-order valence-corrected chi connectivity index (χ2v) is 10.4. The molecule has 0 bridgehead atoms. The van der Waals surface area contributed by atoms with E-state index >= 15 is 0 Å². The fourth-order valence-electron chi connectivity index (χ4n) is 5.49. The van der Waals surface area contributed by atoms with E-state index in [1.54, 1.807) is 0 Å². The smallest absolute Gasteiger partial charge is 0.258 e. The van der Waals surface area contributed by atoms with E-state index in [9.17, 15) is 4.91 Å². The number of hydrogen-bond donors (Lipinski definition) is 0. The second-order valence-electron chi connectivity index (χ2n) is 10.4. The van der Waals surface area contributed by atoms with Crippen LogP contribution >= 0.6 is 0 Å². The van der Waals surface area contributed by atoms with Crippen molar-refractivity contribution < 1.29 is 14.0 Å². The molecule has 2 aromatic carbocycles. The standard InChI is InChI=1S/C28H35N5O4/c1-18(2)36-24-9-8-20(17-25(24)35-15-14-32(3)4)28-30-27(31-37-28)22-7-5-6-21-23(22)16-19-10-12-33(26(19)21)13-11-29-34/h5-9,17-19,26H,10-16H2,1-4H3/t19-,26-/m1/s1. The van der Waals surface area contributed by atoms with Crippen molar-refractivity contribution in [3.63, 3.8) is 0 Å². The van der Waals surface area contributed by atoms with Crippen LogP contribution in [-0.4, -0.2) is 72.9 Å². The maximum absolute atomic E-state index is 10.7. The van der Waals surface area contributed by atoms with E-state index in [2.05, 4.69) is 38.3 Å². The Bertz CT molecular complexity index is 1240. The van der Waals surface area contributed by atoms with Gasteiger partial charge in [-0.25, -0.2) is 0 Å². The highest BCUT2D eigenvalue weighted by molar-refractivity contribution is 5.67. The van der Waals surface area contributed by atoms with Gasteiger partial charge in [0.05, 0.1) is 12.6 Å². The van der Waals surface area contributed by atoms with Crippen LogP contribution in [0.4, 0.5) is 0 Å². The van der Waals surface area contributed by atoms with Crippen molar-refractivity contribution in [2.75, 3.05) is 46.9 Å². The van der Waals surface area contributed by atoms with E-state index in [1.165, 1.54) is 11.1 Å². The van der Waals surface area contributed by atoms with Gasteiger partial charge in [-0.1, -0.05) is 28.5 Å². The molecule has 9 nitrogen and oxygen atoms in total. The highest BCUT2D eigenvalue weighted by atomic mass is 16.5. The molecule has 0 radical (unpaired) electrons. The summed E-state index contributed by atoms with van der Waals surface area (Å²) in [5.41, 5.74) is 4.38. The van der Waals surface area contributed by atoms with Gasteiger partial charge < -0.3 is 18.9 Å². The molecule has 196 valence electrons. The number of hydrogen-bond acceptors (Lipinski definition) is 9. The highest BCUT2D eigenvalue weighted by Crippen LogP contribution is 2.48. The van der Waals surface area contributed by atoms with Gasteiger partial charge in [0.1, 0.15) is 6.61 Å². The molecule has 5 rings (SSSR count). The van der Waals surface area contributed by atoms with Crippen LogP contribution in [0.5, 0.6) is 11.5 Å². The average molecular weight is 506 g/mol. The Kier molecular flexibility index (Phi) is 7.53. The molecule has 0 amide bonds. The van der Waals surface area contributed by atoms with E-state index in [0.29, 0.717) is 54.9 Å². The first-order chi connectivity index (χ1) is 17.9. The van der Waals surface area contributed by atoms with E-state index in [0.717, 1.165) is 37.1 Å². The maximum atomic E-state index is 10.7. The average Bonchev–Trinajstić information content (AvgIpc) is 3.59. The number of aromatic nitrogens is 2. The van der Waals surface area contributed by atoms with Crippen molar-refractivity contribution >= 4 is 0 Å². The summed E-state index contributed by atoms with van der Waals surface area (Å²) in [5, 5.41) is 7.43. The van der Waals surface area contributed by atoms with Crippen LogP contribution in [0.25, 0.3) is 22.8 Å². The molecule has 0 spiro atoms. The van der Waals surface area contributed by atoms with E-state index in [-0.39, 0.29) is 6.10 Å². The van der Waals surface area contributed by atoms with Gasteiger partial charge >= 0.3 is 0 Å². The second kappa shape index (κ2) is 11.0. The van der Waals surface area contributed by atoms with Crippen LogP contribution in [0.2, 0.25) is 0 Å². The molecular weight excluding hydrogens is 470 g/mol. The van der Waals surface area contributed by atoms with Crippen LogP contribution < -0.4 is 9.47 Å². The lowest BCUT2D eigenvalue weighted by molar-refractivity contribution is 0.212. The minimum Gasteiger partial charge on any atom is -0.488 e. The highest BCUT2D eigenvalue weighted by Gasteiger charge is 2.42. The zero-order chi connectivity index (χ0) is 25.9. The van der Waals surface area contributed by atoms with Crippen molar-refractivity contribution in [1.82, 2.24) is 19.9 Å². The molecule has 1 aromatic heterocycles. The molecule has 3 aromatic rings. The lowest BCUT2D eigenvalue weighted by Crippen LogP contribution is -2.26. The quantitative estimate of drug-likeness (QED) is 0.343. The molecule has 0 saturated carbocycles. The minimum absolute atomic E-state index is 0.0300. The third kappa shape index (κ3) is 5.38. The molecule has 1 aliphatic carbocycles. The van der Waals surface area contributed by atoms with Crippen LogP contribution in [0.15, 0.2) is 46.1 Å². The third-order valence-electron chi connectivity index (χ3n) is 7.12. The van der Waals surface area contributed by atoms with Gasteiger partial charge in [-0.2, -0.15) is 9.89 Å². The summed E-state index contributed by atoms with van der Waals surface area (Å²) in [6.07, 6.45) is 2.13. The summed E-state index contributed by atoms with van der Waals surface area (Å²) in [5.74, 6) is 2.93. The van der Waals surface area contributed by atoms with E-state index in [1.807, 2.05) is 46.1 Å². The Morgan fingerprint density at radius 1 is 1.22 bits per heavy atom. The maximum Gasteiger partial charge on any atom is 0.258 e. The summed E-state index contributed by atoms with van der Waals surface area (Å²) in [7, 11) is 4.03. The van der Waals surface area contributed by atoms with Crippen molar-refractivity contribution in [1.29, 1.82) is 0 Å². The molecule has 0 unspecified atom stereocenters. The molecule has 0 N–H and O–H groups in total. The molecule has 2 aliphatic rings. The molecular formula is C28H35N5O4. The molecule has 37 heavy (non-hydrogen) atoms. The number of likely N-dealkylation sites (N-methyl/N-ethyl adjacent to an activating group) is 1. The summed E-state index contributed by atoms with van der Waals surface area (Å²) < 4.78 is 17.7. The van der Waals surface area contributed by atoms with Crippen LogP contribution in [0.3, 0.4) is 0 Å². The summed E-state index contributed by atoms with van der Waals surface area (Å²) in [4.78, 5) is 19.9. The SMILES string of the molecule is CC(C)Oc1ccc(-c2nc(-c3cccc4c3C[C@H]3CCN(CCN=O)[C@@H]43)no2)cc1OCCN(C)C. The Balaban J connectivity index is 1.41. The molecule has 2 atom stereocenters. The first kappa shape index (κ1) is 25.4. The molecule has 1 fully saturated rings. The van der Waals surface area contributed by atoms with Gasteiger partial charge in [-0.05, 0) is 82.6 Å². The van der Waals surface area contributed by atoms with Gasteiger partial charge in [0.2, 0.25) is 5.82 Å². The molecule has 9 heteroatoms. The van der Waals surface area contributed by atoms with Crippen molar-refractivity contribution in [2.24, 2.45) is 11.1 Å². The fourth-order valence-corrected chi connectivity index (χ4v) is 5.49. The number of nitrogens with zero attached hydrogens (tertiary/aromatic N) is 5. The fraction of sp³-hybridized carbons (Fsp3) is 0.500. The van der Waals surface area contributed by atoms with Gasteiger partial charge in [-0.15, -0.1) is 0 Å². The number of ether oxygens (including phenoxy) is 2. The first-order valence-corrected chi connectivity index (χ1v) is 13.0. The third-order valence-corrected chi connectivity index (χ3v) is 7.12.